The molecular formula is C14H7ClN3OS. The van der Waals surface area contributed by atoms with Crippen LogP contribution in [0.5, 0.6) is 5.75 Å². The maximum Gasteiger partial charge on any atom is 0.152 e. The zero-order chi connectivity index (χ0) is 14.1. The summed E-state index contributed by atoms with van der Waals surface area (Å²) in [5.74, 6) is 0.646. The molecule has 0 atom stereocenters. The van der Waals surface area contributed by atoms with Crippen LogP contribution in [-0.2, 0) is 0 Å². The molecule has 97 valence electrons. The van der Waals surface area contributed by atoms with E-state index in [1.54, 1.807) is 12.5 Å². The van der Waals surface area contributed by atoms with Gasteiger partial charge in [-0.15, -0.1) is 11.3 Å². The van der Waals surface area contributed by atoms with Crippen molar-refractivity contribution >= 4 is 33.8 Å². The number of benzene rings is 1. The van der Waals surface area contributed by atoms with Crippen LogP contribution in [0.2, 0.25) is 5.02 Å². The molecule has 1 radical (unpaired) electrons. The summed E-state index contributed by atoms with van der Waals surface area (Å²) >= 11 is 7.78. The number of pyridine rings is 1. The SMILES string of the molecule is COc1cccc2n[c]c(-c3nc(C#N)cs3)c(Cl)c12. The third-order valence-electron chi connectivity index (χ3n) is 2.78. The molecule has 0 spiro atoms. The zero-order valence-corrected chi connectivity index (χ0v) is 11.9. The van der Waals surface area contributed by atoms with Gasteiger partial charge in [-0.25, -0.2) is 9.97 Å². The van der Waals surface area contributed by atoms with Gasteiger partial charge >= 0.3 is 0 Å². The van der Waals surface area contributed by atoms with E-state index in [9.17, 15) is 0 Å². The van der Waals surface area contributed by atoms with Crippen molar-refractivity contribution in [2.45, 2.75) is 0 Å². The van der Waals surface area contributed by atoms with Crippen molar-refractivity contribution in [1.82, 2.24) is 9.97 Å². The zero-order valence-electron chi connectivity index (χ0n) is 10.3. The van der Waals surface area contributed by atoms with Gasteiger partial charge in [-0.2, -0.15) is 5.26 Å². The van der Waals surface area contributed by atoms with E-state index in [4.69, 9.17) is 21.6 Å². The topological polar surface area (TPSA) is 58.8 Å². The van der Waals surface area contributed by atoms with Crippen LogP contribution >= 0.6 is 22.9 Å². The van der Waals surface area contributed by atoms with E-state index in [1.807, 2.05) is 24.3 Å². The highest BCUT2D eigenvalue weighted by atomic mass is 35.5. The van der Waals surface area contributed by atoms with Gasteiger partial charge in [-0.1, -0.05) is 17.7 Å². The van der Waals surface area contributed by atoms with Crippen molar-refractivity contribution in [2.24, 2.45) is 0 Å². The number of hydrogen-bond donors (Lipinski definition) is 0. The molecule has 20 heavy (non-hydrogen) atoms. The molecule has 0 aliphatic rings. The maximum atomic E-state index is 8.84. The second kappa shape index (κ2) is 5.08. The van der Waals surface area contributed by atoms with Crippen LogP contribution < -0.4 is 4.74 Å². The second-order valence-corrected chi connectivity index (χ2v) is 5.15. The molecule has 0 N–H and O–H groups in total. The average Bonchev–Trinajstić information content (AvgIpc) is 2.95. The van der Waals surface area contributed by atoms with E-state index in [2.05, 4.69) is 16.2 Å². The second-order valence-electron chi connectivity index (χ2n) is 3.92. The van der Waals surface area contributed by atoms with E-state index in [0.29, 0.717) is 32.6 Å². The molecule has 3 aromatic rings. The van der Waals surface area contributed by atoms with Crippen molar-refractivity contribution in [2.75, 3.05) is 7.11 Å². The molecule has 0 unspecified atom stereocenters. The number of halogens is 1. The van der Waals surface area contributed by atoms with E-state index < -0.39 is 0 Å². The number of rotatable bonds is 2. The number of hydrogen-bond acceptors (Lipinski definition) is 5. The van der Waals surface area contributed by atoms with Gasteiger partial charge in [0.25, 0.3) is 0 Å². The first-order valence-electron chi connectivity index (χ1n) is 5.64. The number of nitrogens with zero attached hydrogens (tertiary/aromatic N) is 3. The predicted octanol–water partition coefficient (Wildman–Crippen LogP) is 3.69. The molecule has 2 aromatic heterocycles. The highest BCUT2D eigenvalue weighted by Crippen LogP contribution is 2.38. The fraction of sp³-hybridized carbons (Fsp3) is 0.0714. The van der Waals surface area contributed by atoms with Crippen LogP contribution in [0.4, 0.5) is 0 Å². The van der Waals surface area contributed by atoms with Crippen LogP contribution in [0.3, 0.4) is 0 Å². The van der Waals surface area contributed by atoms with Crippen LogP contribution in [0.15, 0.2) is 23.6 Å². The van der Waals surface area contributed by atoms with Gasteiger partial charge in [-0.3, -0.25) is 0 Å². The van der Waals surface area contributed by atoms with Crippen LogP contribution in [-0.4, -0.2) is 17.1 Å². The molecule has 0 saturated carbocycles. The Morgan fingerprint density at radius 1 is 1.45 bits per heavy atom. The Labute approximate surface area is 124 Å². The Kier molecular flexibility index (Phi) is 3.26. The highest BCUT2D eigenvalue weighted by molar-refractivity contribution is 7.13. The molecule has 4 nitrogen and oxygen atoms in total. The van der Waals surface area contributed by atoms with E-state index >= 15 is 0 Å². The molecule has 0 amide bonds. The van der Waals surface area contributed by atoms with Gasteiger partial charge in [0.05, 0.1) is 28.6 Å². The first kappa shape index (κ1) is 12.9. The highest BCUT2D eigenvalue weighted by Gasteiger charge is 2.15. The minimum atomic E-state index is 0.356. The van der Waals surface area contributed by atoms with Crippen molar-refractivity contribution in [3.8, 4) is 22.4 Å². The first-order valence-corrected chi connectivity index (χ1v) is 6.90. The molecule has 0 bridgehead atoms. The quantitative estimate of drug-likeness (QED) is 0.724. The molecule has 6 heteroatoms. The number of fused-ring (bicyclic) bond motifs is 1. The van der Waals surface area contributed by atoms with Crippen LogP contribution in [0.25, 0.3) is 21.5 Å². The summed E-state index contributed by atoms with van der Waals surface area (Å²) in [6, 6.07) is 7.50. The van der Waals surface area contributed by atoms with Crippen LogP contribution in [0.1, 0.15) is 5.69 Å². The van der Waals surface area contributed by atoms with Crippen molar-refractivity contribution < 1.29 is 4.74 Å². The Balaban J connectivity index is 2.28. The third-order valence-corrected chi connectivity index (χ3v) is 4.02. The van der Waals surface area contributed by atoms with Gasteiger partial charge in [0.2, 0.25) is 0 Å². The molecule has 1 aromatic carbocycles. The Bertz CT molecular complexity index is 838. The largest absolute Gasteiger partial charge is 0.496 e. The average molecular weight is 301 g/mol. The molecule has 2 heterocycles. The van der Waals surface area contributed by atoms with Gasteiger partial charge in [0.1, 0.15) is 23.0 Å². The van der Waals surface area contributed by atoms with Gasteiger partial charge in [0.15, 0.2) is 5.69 Å². The third kappa shape index (κ3) is 1.99. The summed E-state index contributed by atoms with van der Waals surface area (Å²) < 4.78 is 5.32. The summed E-state index contributed by atoms with van der Waals surface area (Å²) in [5.41, 5.74) is 1.64. The van der Waals surface area contributed by atoms with Crippen LogP contribution in [0, 0.1) is 17.5 Å². The lowest BCUT2D eigenvalue weighted by Gasteiger charge is -2.08. The first-order chi connectivity index (χ1) is 9.74. The van der Waals surface area contributed by atoms with Crippen molar-refractivity contribution in [1.29, 1.82) is 5.26 Å². The summed E-state index contributed by atoms with van der Waals surface area (Å²) in [7, 11) is 1.58. The molecule has 0 fully saturated rings. The lowest BCUT2D eigenvalue weighted by molar-refractivity contribution is 0.420. The molecule has 0 saturated heterocycles. The van der Waals surface area contributed by atoms with Gasteiger partial charge in [0, 0.05) is 5.38 Å². The summed E-state index contributed by atoms with van der Waals surface area (Å²) in [5, 5.41) is 12.3. The van der Waals surface area contributed by atoms with E-state index in [1.165, 1.54) is 11.3 Å². The van der Waals surface area contributed by atoms with E-state index in [-0.39, 0.29) is 0 Å². The molecular weight excluding hydrogens is 294 g/mol. The molecule has 0 aliphatic heterocycles. The Hall–Kier alpha value is -2.16. The fourth-order valence-corrected chi connectivity index (χ4v) is 3.00. The minimum Gasteiger partial charge on any atom is -0.496 e. The normalized spacial score (nSPS) is 10.4. The number of ether oxygens (including phenoxy) is 1. The predicted molar refractivity (Wildman–Crippen MR) is 78.0 cm³/mol. The summed E-state index contributed by atoms with van der Waals surface area (Å²) in [6.07, 6.45) is 2.89. The fourth-order valence-electron chi connectivity index (χ4n) is 1.88. The summed E-state index contributed by atoms with van der Waals surface area (Å²) in [6.45, 7) is 0. The van der Waals surface area contributed by atoms with Gasteiger partial charge in [-0.05, 0) is 12.1 Å². The van der Waals surface area contributed by atoms with Gasteiger partial charge < -0.3 is 4.74 Å². The Morgan fingerprint density at radius 3 is 3.00 bits per heavy atom. The van der Waals surface area contributed by atoms with Crippen molar-refractivity contribution in [3.05, 3.63) is 40.5 Å². The maximum absolute atomic E-state index is 8.84. The summed E-state index contributed by atoms with van der Waals surface area (Å²) in [4.78, 5) is 8.44. The van der Waals surface area contributed by atoms with Crippen molar-refractivity contribution in [3.63, 3.8) is 0 Å². The number of nitriles is 1. The number of thiazole rings is 1. The Morgan fingerprint density at radius 2 is 2.30 bits per heavy atom. The lowest BCUT2D eigenvalue weighted by Crippen LogP contribution is -1.90. The standard InChI is InChI=1S/C14H7ClN3OS/c1-19-11-4-2-3-10-12(11)13(15)9(6-17-10)14-18-8(5-16)7-20-14/h2-4,7H,1H3. The number of aromatic nitrogens is 2. The number of methoxy groups -OCH3 is 1. The molecule has 3 rings (SSSR count). The molecule has 0 aliphatic carbocycles. The minimum absolute atomic E-state index is 0.356. The monoisotopic (exact) mass is 300 g/mol. The van der Waals surface area contributed by atoms with E-state index in [0.717, 1.165) is 5.39 Å². The lowest BCUT2D eigenvalue weighted by atomic mass is 10.1. The smallest absolute Gasteiger partial charge is 0.152 e.